The van der Waals surface area contributed by atoms with Gasteiger partial charge < -0.3 is 5.11 Å². The standard InChI is InChI=1S/C15H12BrNOS/c16-12-5-7-19-15(12)9-14(18)11-3-4-13-10(8-11)2-1-6-17-13/h1-8,14,18H,9H2. The zero-order valence-corrected chi connectivity index (χ0v) is 12.5. The zero-order valence-electron chi connectivity index (χ0n) is 10.1. The Morgan fingerprint density at radius 1 is 1.26 bits per heavy atom. The van der Waals surface area contributed by atoms with Gasteiger partial charge in [-0.05, 0) is 51.1 Å². The van der Waals surface area contributed by atoms with Crippen molar-refractivity contribution in [2.24, 2.45) is 0 Å². The Kier molecular flexibility index (Phi) is 3.64. The average molecular weight is 334 g/mol. The van der Waals surface area contributed by atoms with Crippen molar-refractivity contribution in [3.05, 3.63) is 62.9 Å². The molecule has 0 spiro atoms. The van der Waals surface area contributed by atoms with Crippen LogP contribution in [0.1, 0.15) is 16.5 Å². The van der Waals surface area contributed by atoms with Crippen LogP contribution in [0.4, 0.5) is 0 Å². The van der Waals surface area contributed by atoms with Gasteiger partial charge in [0, 0.05) is 27.4 Å². The third kappa shape index (κ3) is 2.71. The Bertz CT molecular complexity index is 710. The fraction of sp³-hybridized carbons (Fsp3) is 0.133. The summed E-state index contributed by atoms with van der Waals surface area (Å²) in [5, 5.41) is 13.4. The molecule has 19 heavy (non-hydrogen) atoms. The number of fused-ring (bicyclic) bond motifs is 1. The lowest BCUT2D eigenvalue weighted by Crippen LogP contribution is -2.01. The fourth-order valence-electron chi connectivity index (χ4n) is 2.07. The summed E-state index contributed by atoms with van der Waals surface area (Å²) < 4.78 is 1.07. The van der Waals surface area contributed by atoms with Crippen molar-refractivity contribution in [1.82, 2.24) is 4.98 Å². The molecule has 0 saturated heterocycles. The van der Waals surface area contributed by atoms with Crippen LogP contribution in [0.2, 0.25) is 0 Å². The molecule has 2 nitrogen and oxygen atoms in total. The fourth-order valence-corrected chi connectivity index (χ4v) is 3.62. The molecule has 1 unspecified atom stereocenters. The molecule has 96 valence electrons. The minimum Gasteiger partial charge on any atom is -0.388 e. The van der Waals surface area contributed by atoms with Gasteiger partial charge >= 0.3 is 0 Å². The summed E-state index contributed by atoms with van der Waals surface area (Å²) in [7, 11) is 0. The SMILES string of the molecule is OC(Cc1sccc1Br)c1ccc2ncccc2c1. The van der Waals surface area contributed by atoms with Crippen LogP contribution in [0.3, 0.4) is 0 Å². The predicted molar refractivity (Wildman–Crippen MR) is 82.4 cm³/mol. The molecule has 0 bridgehead atoms. The van der Waals surface area contributed by atoms with Crippen molar-refractivity contribution >= 4 is 38.2 Å². The molecule has 0 aliphatic rings. The molecule has 1 N–H and O–H groups in total. The van der Waals surface area contributed by atoms with E-state index in [4.69, 9.17) is 0 Å². The minimum atomic E-state index is -0.487. The van der Waals surface area contributed by atoms with E-state index in [1.807, 2.05) is 41.8 Å². The molecule has 0 fully saturated rings. The van der Waals surface area contributed by atoms with Gasteiger partial charge in [-0.2, -0.15) is 0 Å². The van der Waals surface area contributed by atoms with Crippen LogP contribution >= 0.6 is 27.3 Å². The lowest BCUT2D eigenvalue weighted by molar-refractivity contribution is 0.179. The molecule has 1 aromatic carbocycles. The normalized spacial score (nSPS) is 12.7. The molecule has 3 rings (SSSR count). The van der Waals surface area contributed by atoms with Crippen molar-refractivity contribution in [3.8, 4) is 0 Å². The van der Waals surface area contributed by atoms with E-state index in [1.165, 1.54) is 4.88 Å². The third-order valence-corrected chi connectivity index (χ3v) is 5.03. The Morgan fingerprint density at radius 3 is 2.95 bits per heavy atom. The third-order valence-electron chi connectivity index (χ3n) is 3.08. The van der Waals surface area contributed by atoms with Crippen molar-refractivity contribution < 1.29 is 5.11 Å². The molecular weight excluding hydrogens is 322 g/mol. The first-order valence-electron chi connectivity index (χ1n) is 5.98. The summed E-state index contributed by atoms with van der Waals surface area (Å²) >= 11 is 5.15. The molecule has 0 aliphatic heterocycles. The van der Waals surface area contributed by atoms with Crippen molar-refractivity contribution in [3.63, 3.8) is 0 Å². The summed E-state index contributed by atoms with van der Waals surface area (Å²) in [6.45, 7) is 0. The largest absolute Gasteiger partial charge is 0.388 e. The second kappa shape index (κ2) is 5.41. The quantitative estimate of drug-likeness (QED) is 0.773. The molecular formula is C15H12BrNOS. The number of halogens is 1. The van der Waals surface area contributed by atoms with Crippen molar-refractivity contribution in [1.29, 1.82) is 0 Å². The molecule has 4 heteroatoms. The zero-order chi connectivity index (χ0) is 13.2. The topological polar surface area (TPSA) is 33.1 Å². The Hall–Kier alpha value is -1.23. The highest BCUT2D eigenvalue weighted by Crippen LogP contribution is 2.29. The van der Waals surface area contributed by atoms with Crippen LogP contribution in [-0.2, 0) is 6.42 Å². The van der Waals surface area contributed by atoms with Crippen LogP contribution in [0.15, 0.2) is 52.4 Å². The maximum Gasteiger partial charge on any atom is 0.0838 e. The maximum atomic E-state index is 10.3. The van der Waals surface area contributed by atoms with Gasteiger partial charge in [-0.1, -0.05) is 12.1 Å². The van der Waals surface area contributed by atoms with Gasteiger partial charge in [-0.3, -0.25) is 4.98 Å². The number of rotatable bonds is 3. The van der Waals surface area contributed by atoms with E-state index in [0.717, 1.165) is 20.9 Å². The Morgan fingerprint density at radius 2 is 2.16 bits per heavy atom. The second-order valence-corrected chi connectivity index (χ2v) is 6.22. The molecule has 3 aromatic rings. The number of nitrogens with zero attached hydrogens (tertiary/aromatic N) is 1. The van der Waals surface area contributed by atoms with Crippen LogP contribution < -0.4 is 0 Å². The van der Waals surface area contributed by atoms with E-state index in [2.05, 4.69) is 20.9 Å². The maximum absolute atomic E-state index is 10.3. The highest BCUT2D eigenvalue weighted by Gasteiger charge is 2.12. The van der Waals surface area contributed by atoms with Crippen LogP contribution in [-0.4, -0.2) is 10.1 Å². The lowest BCUT2D eigenvalue weighted by Gasteiger charge is -2.11. The van der Waals surface area contributed by atoms with Gasteiger partial charge in [-0.25, -0.2) is 0 Å². The summed E-state index contributed by atoms with van der Waals surface area (Å²) in [6.07, 6.45) is 1.92. The Labute approximate surface area is 123 Å². The van der Waals surface area contributed by atoms with E-state index >= 15 is 0 Å². The summed E-state index contributed by atoms with van der Waals surface area (Å²) in [4.78, 5) is 5.45. The summed E-state index contributed by atoms with van der Waals surface area (Å²) in [6, 6.07) is 11.8. The number of aliphatic hydroxyl groups excluding tert-OH is 1. The first kappa shape index (κ1) is 12.8. The summed E-state index contributed by atoms with van der Waals surface area (Å²) in [5.74, 6) is 0. The number of hydrogen-bond donors (Lipinski definition) is 1. The Balaban J connectivity index is 1.89. The molecule has 0 amide bonds. The van der Waals surface area contributed by atoms with Crippen molar-refractivity contribution in [2.45, 2.75) is 12.5 Å². The number of thiophene rings is 1. The minimum absolute atomic E-state index is 0.487. The van der Waals surface area contributed by atoms with E-state index in [0.29, 0.717) is 6.42 Å². The van der Waals surface area contributed by atoms with E-state index in [1.54, 1.807) is 17.5 Å². The predicted octanol–water partition coefficient (Wildman–Crippen LogP) is 4.33. The van der Waals surface area contributed by atoms with Crippen LogP contribution in [0.5, 0.6) is 0 Å². The monoisotopic (exact) mass is 333 g/mol. The number of hydrogen-bond acceptors (Lipinski definition) is 3. The van der Waals surface area contributed by atoms with Gasteiger partial charge in [0.1, 0.15) is 0 Å². The van der Waals surface area contributed by atoms with Gasteiger partial charge in [-0.15, -0.1) is 11.3 Å². The summed E-state index contributed by atoms with van der Waals surface area (Å²) in [5.41, 5.74) is 1.89. The van der Waals surface area contributed by atoms with E-state index in [9.17, 15) is 5.11 Å². The van der Waals surface area contributed by atoms with E-state index in [-0.39, 0.29) is 0 Å². The van der Waals surface area contributed by atoms with Crippen LogP contribution in [0.25, 0.3) is 10.9 Å². The highest BCUT2D eigenvalue weighted by molar-refractivity contribution is 9.10. The van der Waals surface area contributed by atoms with Gasteiger partial charge in [0.2, 0.25) is 0 Å². The number of aromatic nitrogens is 1. The molecule has 0 saturated carbocycles. The van der Waals surface area contributed by atoms with Gasteiger partial charge in [0.25, 0.3) is 0 Å². The molecule has 0 radical (unpaired) electrons. The smallest absolute Gasteiger partial charge is 0.0838 e. The van der Waals surface area contributed by atoms with Gasteiger partial charge in [0.15, 0.2) is 0 Å². The van der Waals surface area contributed by atoms with Crippen LogP contribution in [0, 0.1) is 0 Å². The second-order valence-electron chi connectivity index (χ2n) is 4.37. The van der Waals surface area contributed by atoms with Crippen molar-refractivity contribution in [2.75, 3.05) is 0 Å². The van der Waals surface area contributed by atoms with E-state index < -0.39 is 6.10 Å². The molecule has 2 heterocycles. The molecule has 2 aromatic heterocycles. The lowest BCUT2D eigenvalue weighted by atomic mass is 10.0. The number of pyridine rings is 1. The first-order chi connectivity index (χ1) is 9.24. The first-order valence-corrected chi connectivity index (χ1v) is 7.66. The highest BCUT2D eigenvalue weighted by atomic mass is 79.9. The molecule has 0 aliphatic carbocycles. The molecule has 1 atom stereocenters. The number of aliphatic hydroxyl groups is 1. The van der Waals surface area contributed by atoms with Gasteiger partial charge in [0.05, 0.1) is 11.6 Å². The number of benzene rings is 1. The average Bonchev–Trinajstić information content (AvgIpc) is 2.84.